The van der Waals surface area contributed by atoms with Gasteiger partial charge in [-0.3, -0.25) is 14.6 Å². The molecule has 10 heteroatoms. The zero-order chi connectivity index (χ0) is 25.3. The number of urea groups is 1. The summed E-state index contributed by atoms with van der Waals surface area (Å²) >= 11 is 0. The first-order valence-corrected chi connectivity index (χ1v) is 11.9. The Morgan fingerprint density at radius 3 is 2.31 bits per heavy atom. The molecular formula is C25H34N6O4. The van der Waals surface area contributed by atoms with Crippen molar-refractivity contribution in [2.24, 2.45) is 0 Å². The SMILES string of the molecule is COc1cc(OC)c(C)c(N2Cc3cnc(N[C@@H]4CCCC[C@@H]4NC(C)=O)nc3N(C)C2=O)c1C. The number of ether oxygens (including phenoxy) is 2. The van der Waals surface area contributed by atoms with Crippen LogP contribution in [0.4, 0.5) is 22.2 Å². The molecule has 1 aromatic heterocycles. The van der Waals surface area contributed by atoms with E-state index in [0.717, 1.165) is 48.1 Å². The van der Waals surface area contributed by atoms with Crippen LogP contribution in [0.5, 0.6) is 11.5 Å². The number of carbonyl (C=O) groups is 2. The van der Waals surface area contributed by atoms with Crippen molar-refractivity contribution in [2.75, 3.05) is 36.4 Å². The van der Waals surface area contributed by atoms with Crippen LogP contribution in [0, 0.1) is 13.8 Å². The Morgan fingerprint density at radius 2 is 1.71 bits per heavy atom. The summed E-state index contributed by atoms with van der Waals surface area (Å²) in [4.78, 5) is 37.6. The molecule has 1 aromatic carbocycles. The van der Waals surface area contributed by atoms with E-state index in [4.69, 9.17) is 9.47 Å². The maximum Gasteiger partial charge on any atom is 0.330 e. The predicted molar refractivity (Wildman–Crippen MR) is 135 cm³/mol. The van der Waals surface area contributed by atoms with Crippen LogP contribution in [0.3, 0.4) is 0 Å². The van der Waals surface area contributed by atoms with Crippen LogP contribution < -0.4 is 29.9 Å². The number of amides is 3. The van der Waals surface area contributed by atoms with Gasteiger partial charge in [-0.1, -0.05) is 12.8 Å². The van der Waals surface area contributed by atoms with Crippen molar-refractivity contribution < 1.29 is 19.1 Å². The van der Waals surface area contributed by atoms with Gasteiger partial charge in [-0.15, -0.1) is 0 Å². The van der Waals surface area contributed by atoms with Crippen LogP contribution in [-0.4, -0.2) is 55.3 Å². The van der Waals surface area contributed by atoms with Gasteiger partial charge < -0.3 is 20.1 Å². The number of hydrogen-bond donors (Lipinski definition) is 2. The maximum atomic E-state index is 13.5. The molecule has 188 valence electrons. The molecule has 1 saturated carbocycles. The van der Waals surface area contributed by atoms with E-state index in [0.29, 0.717) is 29.8 Å². The molecular weight excluding hydrogens is 448 g/mol. The van der Waals surface area contributed by atoms with E-state index < -0.39 is 0 Å². The second kappa shape index (κ2) is 9.97. The van der Waals surface area contributed by atoms with Crippen LogP contribution in [0.1, 0.15) is 49.3 Å². The van der Waals surface area contributed by atoms with Crippen molar-refractivity contribution in [1.82, 2.24) is 15.3 Å². The van der Waals surface area contributed by atoms with E-state index in [1.54, 1.807) is 37.3 Å². The molecule has 1 aliphatic carbocycles. The molecule has 0 radical (unpaired) electrons. The van der Waals surface area contributed by atoms with Gasteiger partial charge in [-0.2, -0.15) is 4.98 Å². The van der Waals surface area contributed by atoms with Crippen molar-refractivity contribution in [3.05, 3.63) is 29.0 Å². The van der Waals surface area contributed by atoms with Gasteiger partial charge in [0.1, 0.15) is 17.3 Å². The first-order chi connectivity index (χ1) is 16.7. The fraction of sp³-hybridized carbons (Fsp3) is 0.520. The highest BCUT2D eigenvalue weighted by molar-refractivity contribution is 6.06. The quantitative estimate of drug-likeness (QED) is 0.648. The third kappa shape index (κ3) is 4.69. The number of aromatic nitrogens is 2. The molecule has 2 aromatic rings. The van der Waals surface area contributed by atoms with E-state index >= 15 is 0 Å². The lowest BCUT2D eigenvalue weighted by Gasteiger charge is -2.36. The van der Waals surface area contributed by atoms with E-state index in [-0.39, 0.29) is 24.0 Å². The Hall–Kier alpha value is -3.56. The molecule has 0 spiro atoms. The Labute approximate surface area is 206 Å². The predicted octanol–water partition coefficient (Wildman–Crippen LogP) is 3.55. The Kier molecular flexibility index (Phi) is 7.00. The van der Waals surface area contributed by atoms with Gasteiger partial charge in [-0.25, -0.2) is 9.78 Å². The van der Waals surface area contributed by atoms with Gasteiger partial charge >= 0.3 is 6.03 Å². The number of hydrogen-bond acceptors (Lipinski definition) is 7. The van der Waals surface area contributed by atoms with Crippen LogP contribution in [0.25, 0.3) is 0 Å². The van der Waals surface area contributed by atoms with Gasteiger partial charge in [0.2, 0.25) is 11.9 Å². The van der Waals surface area contributed by atoms with Crippen molar-refractivity contribution >= 4 is 29.4 Å². The summed E-state index contributed by atoms with van der Waals surface area (Å²) in [5.41, 5.74) is 3.31. The van der Waals surface area contributed by atoms with E-state index in [9.17, 15) is 9.59 Å². The fourth-order valence-corrected chi connectivity index (χ4v) is 5.14. The van der Waals surface area contributed by atoms with Crippen LogP contribution >= 0.6 is 0 Å². The van der Waals surface area contributed by atoms with E-state index in [2.05, 4.69) is 20.6 Å². The zero-order valence-electron chi connectivity index (χ0n) is 21.3. The van der Waals surface area contributed by atoms with Gasteiger partial charge in [0, 0.05) is 55.0 Å². The second-order valence-corrected chi connectivity index (χ2v) is 9.19. The van der Waals surface area contributed by atoms with Crippen LogP contribution in [-0.2, 0) is 11.3 Å². The minimum absolute atomic E-state index is 0.0322. The molecule has 2 N–H and O–H groups in total. The number of nitrogens with one attached hydrogen (secondary N) is 2. The van der Waals surface area contributed by atoms with Crippen LogP contribution in [0.2, 0.25) is 0 Å². The van der Waals surface area contributed by atoms with Crippen molar-refractivity contribution in [1.29, 1.82) is 0 Å². The number of methoxy groups -OCH3 is 2. The molecule has 10 nitrogen and oxygen atoms in total. The summed E-state index contributed by atoms with van der Waals surface area (Å²) in [6, 6.07) is 1.71. The smallest absolute Gasteiger partial charge is 0.330 e. The average Bonchev–Trinajstić information content (AvgIpc) is 2.83. The number of anilines is 3. The lowest BCUT2D eigenvalue weighted by Crippen LogP contribution is -2.48. The molecule has 2 aliphatic rings. The normalized spacial score (nSPS) is 19.8. The fourth-order valence-electron chi connectivity index (χ4n) is 5.14. The zero-order valence-corrected chi connectivity index (χ0v) is 21.3. The number of nitrogens with zero attached hydrogens (tertiary/aromatic N) is 4. The molecule has 1 fully saturated rings. The number of fused-ring (bicyclic) bond motifs is 1. The summed E-state index contributed by atoms with van der Waals surface area (Å²) in [6.07, 6.45) is 5.76. The summed E-state index contributed by atoms with van der Waals surface area (Å²) in [5, 5.41) is 6.43. The average molecular weight is 483 g/mol. The lowest BCUT2D eigenvalue weighted by molar-refractivity contribution is -0.119. The summed E-state index contributed by atoms with van der Waals surface area (Å²) < 4.78 is 11.1. The molecule has 0 unspecified atom stereocenters. The Morgan fingerprint density at radius 1 is 1.09 bits per heavy atom. The second-order valence-electron chi connectivity index (χ2n) is 9.19. The Balaban J connectivity index is 1.63. The number of carbonyl (C=O) groups excluding carboxylic acids is 2. The molecule has 1 aliphatic heterocycles. The van der Waals surface area contributed by atoms with Crippen molar-refractivity contribution in [3.8, 4) is 11.5 Å². The van der Waals surface area contributed by atoms with Gasteiger partial charge in [-0.05, 0) is 26.7 Å². The first kappa shape index (κ1) is 24.6. The highest BCUT2D eigenvalue weighted by Gasteiger charge is 2.34. The molecule has 0 saturated heterocycles. The Bertz CT molecular complexity index is 1110. The minimum Gasteiger partial charge on any atom is -0.496 e. The monoisotopic (exact) mass is 482 g/mol. The molecule has 3 amide bonds. The topological polar surface area (TPSA) is 109 Å². The van der Waals surface area contributed by atoms with Gasteiger partial charge in [0.05, 0.1) is 26.5 Å². The molecule has 2 heterocycles. The van der Waals surface area contributed by atoms with Crippen molar-refractivity contribution in [3.63, 3.8) is 0 Å². The highest BCUT2D eigenvalue weighted by Crippen LogP contribution is 2.41. The summed E-state index contributed by atoms with van der Waals surface area (Å²) in [6.45, 7) is 5.73. The number of benzene rings is 1. The van der Waals surface area contributed by atoms with Crippen molar-refractivity contribution in [2.45, 2.75) is 65.1 Å². The summed E-state index contributed by atoms with van der Waals surface area (Å²) in [5.74, 6) is 2.29. The molecule has 2 atom stereocenters. The first-order valence-electron chi connectivity index (χ1n) is 11.9. The van der Waals surface area contributed by atoms with Gasteiger partial charge in [0.25, 0.3) is 0 Å². The lowest BCUT2D eigenvalue weighted by atomic mass is 9.90. The maximum absolute atomic E-state index is 13.5. The third-order valence-corrected chi connectivity index (χ3v) is 6.90. The number of rotatable bonds is 6. The molecule has 4 rings (SSSR count). The highest BCUT2D eigenvalue weighted by atomic mass is 16.5. The van der Waals surface area contributed by atoms with Crippen LogP contribution in [0.15, 0.2) is 12.3 Å². The third-order valence-electron chi connectivity index (χ3n) is 6.90. The summed E-state index contributed by atoms with van der Waals surface area (Å²) in [7, 11) is 4.92. The van der Waals surface area contributed by atoms with E-state index in [1.165, 1.54) is 6.92 Å². The van der Waals surface area contributed by atoms with Gasteiger partial charge in [0.15, 0.2) is 0 Å². The standard InChI is InChI=1S/C25H34N6O4/c1-14-20(34-5)11-21(35-6)15(2)22(14)31-13-17-12-26-24(29-23(17)30(4)25(31)33)28-19-10-8-7-9-18(19)27-16(3)32/h11-12,18-19H,7-10,13H2,1-6H3,(H,27,32)(H,26,28,29)/t18-,19+/m0/s1. The minimum atomic E-state index is -0.197. The largest absolute Gasteiger partial charge is 0.496 e. The van der Waals surface area contributed by atoms with E-state index in [1.807, 2.05) is 19.9 Å². The molecule has 35 heavy (non-hydrogen) atoms. The molecule has 0 bridgehead atoms.